The van der Waals surface area contributed by atoms with Crippen LogP contribution in [0.2, 0.25) is 5.02 Å². The molecular formula is C24H25ClF2N4O2S. The van der Waals surface area contributed by atoms with Crippen LogP contribution in [0.15, 0.2) is 47.0 Å². The zero-order valence-corrected chi connectivity index (χ0v) is 20.0. The first kappa shape index (κ1) is 24.6. The molecule has 34 heavy (non-hydrogen) atoms. The second-order valence-corrected chi connectivity index (χ2v) is 9.65. The van der Waals surface area contributed by atoms with Gasteiger partial charge in [-0.15, -0.1) is 0 Å². The van der Waals surface area contributed by atoms with Gasteiger partial charge >= 0.3 is 0 Å². The third kappa shape index (κ3) is 6.55. The second kappa shape index (κ2) is 11.8. The molecule has 0 saturated carbocycles. The Hall–Kier alpha value is -2.49. The highest BCUT2D eigenvalue weighted by molar-refractivity contribution is 7.98. The maximum atomic E-state index is 13.8. The van der Waals surface area contributed by atoms with Gasteiger partial charge in [0.25, 0.3) is 0 Å². The van der Waals surface area contributed by atoms with Crippen LogP contribution in [0.4, 0.5) is 8.78 Å². The fourth-order valence-electron chi connectivity index (χ4n) is 3.87. The summed E-state index contributed by atoms with van der Waals surface area (Å²) in [6, 6.07) is 10.6. The van der Waals surface area contributed by atoms with E-state index in [4.69, 9.17) is 16.1 Å². The lowest BCUT2D eigenvalue weighted by molar-refractivity contribution is -0.126. The van der Waals surface area contributed by atoms with E-state index in [1.165, 1.54) is 30.0 Å². The number of hydrogen-bond donors (Lipinski definition) is 1. The van der Waals surface area contributed by atoms with Gasteiger partial charge in [0, 0.05) is 40.7 Å². The first-order valence-electron chi connectivity index (χ1n) is 11.1. The molecule has 4 rings (SSSR count). The van der Waals surface area contributed by atoms with Crippen LogP contribution in [0.1, 0.15) is 24.3 Å². The highest BCUT2D eigenvalue weighted by Gasteiger charge is 2.26. The van der Waals surface area contributed by atoms with Crippen LogP contribution < -0.4 is 5.32 Å². The van der Waals surface area contributed by atoms with Crippen LogP contribution in [0.3, 0.4) is 0 Å². The summed E-state index contributed by atoms with van der Waals surface area (Å²) in [5.74, 6) is 1.28. The number of hydrogen-bond acceptors (Lipinski definition) is 6. The van der Waals surface area contributed by atoms with Gasteiger partial charge < -0.3 is 9.84 Å². The Morgan fingerprint density at radius 1 is 1.24 bits per heavy atom. The quantitative estimate of drug-likeness (QED) is 0.415. The molecule has 0 spiro atoms. The van der Waals surface area contributed by atoms with Gasteiger partial charge in [0.05, 0.1) is 12.5 Å². The van der Waals surface area contributed by atoms with Crippen molar-refractivity contribution in [2.75, 3.05) is 25.4 Å². The van der Waals surface area contributed by atoms with Gasteiger partial charge in [0.1, 0.15) is 11.6 Å². The third-order valence-electron chi connectivity index (χ3n) is 5.66. The van der Waals surface area contributed by atoms with Crippen LogP contribution in [0.25, 0.3) is 11.4 Å². The number of nitrogens with zero attached hydrogens (tertiary/aromatic N) is 3. The Bertz CT molecular complexity index is 1090. The summed E-state index contributed by atoms with van der Waals surface area (Å²) in [5, 5.41) is 7.39. The Morgan fingerprint density at radius 2 is 2.06 bits per heavy atom. The van der Waals surface area contributed by atoms with Gasteiger partial charge in [0.2, 0.25) is 17.6 Å². The van der Waals surface area contributed by atoms with Crippen molar-refractivity contribution in [1.82, 2.24) is 20.4 Å². The van der Waals surface area contributed by atoms with Crippen LogP contribution in [0, 0.1) is 17.6 Å². The zero-order chi connectivity index (χ0) is 23.9. The number of benzene rings is 2. The fourth-order valence-corrected chi connectivity index (χ4v) is 5.07. The highest BCUT2D eigenvalue weighted by Crippen LogP contribution is 2.24. The first-order valence-corrected chi connectivity index (χ1v) is 12.6. The molecule has 1 aromatic heterocycles. The summed E-state index contributed by atoms with van der Waals surface area (Å²) in [4.78, 5) is 19.2. The summed E-state index contributed by atoms with van der Waals surface area (Å²) >= 11 is 7.58. The van der Waals surface area contributed by atoms with Crippen LogP contribution in [0.5, 0.6) is 0 Å². The molecule has 1 aliphatic heterocycles. The molecule has 0 bridgehead atoms. The topological polar surface area (TPSA) is 71.3 Å². The Labute approximate surface area is 206 Å². The van der Waals surface area contributed by atoms with Gasteiger partial charge in [-0.05, 0) is 55.8 Å². The molecule has 1 saturated heterocycles. The predicted octanol–water partition coefficient (Wildman–Crippen LogP) is 4.93. The molecule has 0 aliphatic carbocycles. The summed E-state index contributed by atoms with van der Waals surface area (Å²) < 4.78 is 32.3. The maximum Gasteiger partial charge on any atom is 0.241 e. The number of likely N-dealkylation sites (tertiary alicyclic amines) is 1. The lowest BCUT2D eigenvalue weighted by Gasteiger charge is -2.30. The number of carbonyl (C=O) groups excluding carboxylic acids is 1. The van der Waals surface area contributed by atoms with Crippen molar-refractivity contribution in [1.29, 1.82) is 0 Å². The molecule has 1 N–H and O–H groups in total. The van der Waals surface area contributed by atoms with Gasteiger partial charge in [-0.25, -0.2) is 8.78 Å². The first-order chi connectivity index (χ1) is 16.5. The molecule has 2 aromatic carbocycles. The van der Waals surface area contributed by atoms with E-state index in [0.717, 1.165) is 19.4 Å². The molecule has 3 aromatic rings. The van der Waals surface area contributed by atoms with Crippen molar-refractivity contribution in [2.45, 2.75) is 25.1 Å². The summed E-state index contributed by atoms with van der Waals surface area (Å²) in [5.41, 5.74) is 1.18. The molecule has 180 valence electrons. The van der Waals surface area contributed by atoms with E-state index in [9.17, 15) is 13.6 Å². The number of aromatic nitrogens is 2. The number of thioether (sulfide) groups is 1. The van der Waals surface area contributed by atoms with E-state index in [1.807, 2.05) is 0 Å². The van der Waals surface area contributed by atoms with Gasteiger partial charge in [0.15, 0.2) is 0 Å². The van der Waals surface area contributed by atoms with E-state index >= 15 is 0 Å². The SMILES string of the molecule is O=C(NCCSCc1c(F)cccc1Cl)C1CCCN(Cc2nc(-c3ccc(F)cc3)no2)C1. The molecule has 0 radical (unpaired) electrons. The van der Waals surface area contributed by atoms with Crippen molar-refractivity contribution < 1.29 is 18.1 Å². The van der Waals surface area contributed by atoms with Gasteiger partial charge in [-0.2, -0.15) is 16.7 Å². The minimum Gasteiger partial charge on any atom is -0.355 e. The van der Waals surface area contributed by atoms with Crippen LogP contribution in [-0.2, 0) is 17.1 Å². The van der Waals surface area contributed by atoms with Gasteiger partial charge in [-0.1, -0.05) is 22.8 Å². The minimum atomic E-state index is -0.321. The monoisotopic (exact) mass is 506 g/mol. The number of halogens is 3. The van der Waals surface area contributed by atoms with Crippen molar-refractivity contribution in [3.05, 3.63) is 70.6 Å². The average Bonchev–Trinajstić information content (AvgIpc) is 3.29. The molecule has 1 amide bonds. The molecule has 10 heteroatoms. The Morgan fingerprint density at radius 3 is 2.85 bits per heavy atom. The molecule has 1 unspecified atom stereocenters. The standard InChI is InChI=1S/C24H25ClF2N4O2S/c25-20-4-1-5-21(27)19(20)15-34-12-10-28-24(32)17-3-2-11-31(13-17)14-22-29-23(30-33-22)16-6-8-18(26)9-7-16/h1,4-9,17H,2-3,10-15H2,(H,28,32). The molecule has 1 aliphatic rings. The van der Waals surface area contributed by atoms with Gasteiger partial charge in [-0.3, -0.25) is 9.69 Å². The van der Waals surface area contributed by atoms with E-state index in [1.54, 1.807) is 24.3 Å². The van der Waals surface area contributed by atoms with E-state index in [2.05, 4.69) is 20.4 Å². The van der Waals surface area contributed by atoms with E-state index in [-0.39, 0.29) is 23.5 Å². The third-order valence-corrected chi connectivity index (χ3v) is 7.00. The second-order valence-electron chi connectivity index (χ2n) is 8.14. The number of rotatable bonds is 9. The fraction of sp³-hybridized carbons (Fsp3) is 0.375. The van der Waals surface area contributed by atoms with Crippen molar-refractivity contribution in [2.24, 2.45) is 5.92 Å². The number of piperidine rings is 1. The van der Waals surface area contributed by atoms with Crippen molar-refractivity contribution in [3.8, 4) is 11.4 Å². The lowest BCUT2D eigenvalue weighted by atomic mass is 9.97. The summed E-state index contributed by atoms with van der Waals surface area (Å²) in [6.45, 7) is 2.42. The number of carbonyl (C=O) groups is 1. The van der Waals surface area contributed by atoms with E-state index in [0.29, 0.717) is 59.0 Å². The van der Waals surface area contributed by atoms with Crippen LogP contribution >= 0.6 is 23.4 Å². The largest absolute Gasteiger partial charge is 0.355 e. The Kier molecular flexibility index (Phi) is 8.53. The van der Waals surface area contributed by atoms with Crippen LogP contribution in [-0.4, -0.2) is 46.3 Å². The molecule has 1 atom stereocenters. The smallest absolute Gasteiger partial charge is 0.241 e. The lowest BCUT2D eigenvalue weighted by Crippen LogP contribution is -2.43. The predicted molar refractivity (Wildman–Crippen MR) is 128 cm³/mol. The van der Waals surface area contributed by atoms with E-state index < -0.39 is 0 Å². The molecule has 6 nitrogen and oxygen atoms in total. The van der Waals surface area contributed by atoms with Crippen molar-refractivity contribution >= 4 is 29.3 Å². The highest BCUT2D eigenvalue weighted by atomic mass is 35.5. The summed E-state index contributed by atoms with van der Waals surface area (Å²) in [6.07, 6.45) is 1.72. The Balaban J connectivity index is 1.20. The number of nitrogens with one attached hydrogen (secondary N) is 1. The normalized spacial score (nSPS) is 16.5. The maximum absolute atomic E-state index is 13.8. The zero-order valence-electron chi connectivity index (χ0n) is 18.5. The average molecular weight is 507 g/mol. The minimum absolute atomic E-state index is 0.0201. The molecule has 1 fully saturated rings. The summed E-state index contributed by atoms with van der Waals surface area (Å²) in [7, 11) is 0. The van der Waals surface area contributed by atoms with Crippen molar-refractivity contribution in [3.63, 3.8) is 0 Å². The number of amides is 1. The molecule has 2 heterocycles. The molecular weight excluding hydrogens is 482 g/mol.